The zero-order valence-corrected chi connectivity index (χ0v) is 8.29. The average Bonchev–Trinajstić information content (AvgIpc) is 2.96. The van der Waals surface area contributed by atoms with Crippen LogP contribution in [-0.4, -0.2) is 16.6 Å². The molecule has 1 heterocycles. The molecule has 1 saturated carbocycles. The number of nitrogens with zero attached hydrogens (tertiary/aromatic N) is 2. The Morgan fingerprint density at radius 3 is 2.62 bits per heavy atom. The van der Waals surface area contributed by atoms with Gasteiger partial charge < -0.3 is 10.5 Å². The third-order valence-electron chi connectivity index (χ3n) is 2.17. The first kappa shape index (κ1) is 11.0. The van der Waals surface area contributed by atoms with Gasteiger partial charge in [-0.05, 0) is 18.8 Å². The van der Waals surface area contributed by atoms with Crippen molar-refractivity contribution in [3.05, 3.63) is 11.8 Å². The maximum Gasteiger partial charge on any atom is 0.433 e. The zero-order valence-electron chi connectivity index (χ0n) is 8.29. The number of alkyl halides is 3. The smallest absolute Gasteiger partial charge is 0.433 e. The molecule has 1 aliphatic rings. The van der Waals surface area contributed by atoms with Crippen LogP contribution in [0.5, 0.6) is 5.88 Å². The molecule has 0 unspecified atom stereocenters. The van der Waals surface area contributed by atoms with E-state index >= 15 is 0 Å². The first-order chi connectivity index (χ1) is 7.45. The highest BCUT2D eigenvalue weighted by Gasteiger charge is 2.34. The van der Waals surface area contributed by atoms with E-state index < -0.39 is 17.8 Å². The van der Waals surface area contributed by atoms with E-state index in [1.54, 1.807) is 0 Å². The number of halogens is 3. The molecule has 2 N–H and O–H groups in total. The van der Waals surface area contributed by atoms with Gasteiger partial charge in [0.2, 0.25) is 11.8 Å². The first-order valence-corrected chi connectivity index (χ1v) is 4.79. The molecule has 0 amide bonds. The molecular weight excluding hydrogens is 223 g/mol. The van der Waals surface area contributed by atoms with Crippen LogP contribution < -0.4 is 10.5 Å². The zero-order chi connectivity index (χ0) is 11.8. The highest BCUT2D eigenvalue weighted by atomic mass is 19.4. The summed E-state index contributed by atoms with van der Waals surface area (Å²) in [7, 11) is 0. The lowest BCUT2D eigenvalue weighted by molar-refractivity contribution is -0.141. The maximum atomic E-state index is 12.4. The van der Waals surface area contributed by atoms with E-state index in [0.29, 0.717) is 12.5 Å². The van der Waals surface area contributed by atoms with Crippen molar-refractivity contribution in [2.24, 2.45) is 5.92 Å². The molecule has 0 saturated heterocycles. The van der Waals surface area contributed by atoms with Crippen molar-refractivity contribution < 1.29 is 17.9 Å². The largest absolute Gasteiger partial charge is 0.477 e. The van der Waals surface area contributed by atoms with E-state index in [2.05, 4.69) is 9.97 Å². The minimum Gasteiger partial charge on any atom is -0.477 e. The summed E-state index contributed by atoms with van der Waals surface area (Å²) in [5.41, 5.74) is 4.10. The van der Waals surface area contributed by atoms with Crippen LogP contribution in [0.3, 0.4) is 0 Å². The van der Waals surface area contributed by atoms with E-state index in [4.69, 9.17) is 10.5 Å². The van der Waals surface area contributed by atoms with E-state index in [9.17, 15) is 13.2 Å². The third kappa shape index (κ3) is 2.74. The van der Waals surface area contributed by atoms with Crippen LogP contribution in [0, 0.1) is 5.92 Å². The number of ether oxygens (including phenoxy) is 1. The Hall–Kier alpha value is -1.53. The van der Waals surface area contributed by atoms with Crippen LogP contribution >= 0.6 is 0 Å². The summed E-state index contributed by atoms with van der Waals surface area (Å²) in [6, 6.07) is 0.763. The Bertz CT molecular complexity index is 390. The summed E-state index contributed by atoms with van der Waals surface area (Å²) in [4.78, 5) is 6.70. The van der Waals surface area contributed by atoms with Crippen molar-refractivity contribution >= 4 is 5.95 Å². The molecule has 0 radical (unpaired) electrons. The predicted molar refractivity (Wildman–Crippen MR) is 49.7 cm³/mol. The molecule has 0 aromatic carbocycles. The lowest BCUT2D eigenvalue weighted by Gasteiger charge is -2.09. The SMILES string of the molecule is Nc1nc(OCC2CC2)cc(C(F)(F)F)n1. The van der Waals surface area contributed by atoms with E-state index in [1.165, 1.54) is 0 Å². The number of rotatable bonds is 3. The van der Waals surface area contributed by atoms with Gasteiger partial charge in [-0.3, -0.25) is 0 Å². The molecule has 16 heavy (non-hydrogen) atoms. The lowest BCUT2D eigenvalue weighted by atomic mass is 10.4. The molecule has 0 atom stereocenters. The average molecular weight is 233 g/mol. The molecule has 1 aliphatic carbocycles. The number of nitrogens with two attached hydrogens (primary N) is 1. The molecule has 4 nitrogen and oxygen atoms in total. The fraction of sp³-hybridized carbons (Fsp3) is 0.556. The van der Waals surface area contributed by atoms with Crippen molar-refractivity contribution in [1.29, 1.82) is 0 Å². The lowest BCUT2D eigenvalue weighted by Crippen LogP contribution is -2.12. The van der Waals surface area contributed by atoms with Gasteiger partial charge in [-0.15, -0.1) is 0 Å². The molecule has 1 aromatic heterocycles. The predicted octanol–water partition coefficient (Wildman–Crippen LogP) is 1.87. The fourth-order valence-corrected chi connectivity index (χ4v) is 1.15. The van der Waals surface area contributed by atoms with Gasteiger partial charge >= 0.3 is 6.18 Å². The summed E-state index contributed by atoms with van der Waals surface area (Å²) in [6.45, 7) is 0.383. The first-order valence-electron chi connectivity index (χ1n) is 4.79. The molecule has 1 fully saturated rings. The summed E-state index contributed by atoms with van der Waals surface area (Å²) in [5, 5.41) is 0. The number of aromatic nitrogens is 2. The monoisotopic (exact) mass is 233 g/mol. The quantitative estimate of drug-likeness (QED) is 0.865. The minimum atomic E-state index is -4.53. The minimum absolute atomic E-state index is 0.119. The van der Waals surface area contributed by atoms with Crippen LogP contribution in [0.25, 0.3) is 0 Å². The van der Waals surface area contributed by atoms with Gasteiger partial charge in [-0.2, -0.15) is 18.2 Å². The van der Waals surface area contributed by atoms with Gasteiger partial charge in [0.15, 0.2) is 5.69 Å². The Kier molecular flexibility index (Phi) is 2.61. The fourth-order valence-electron chi connectivity index (χ4n) is 1.15. The molecule has 0 spiro atoms. The van der Waals surface area contributed by atoms with Gasteiger partial charge in [-0.25, -0.2) is 4.98 Å². The Balaban J connectivity index is 2.14. The van der Waals surface area contributed by atoms with Gasteiger partial charge in [0.1, 0.15) is 0 Å². The highest BCUT2D eigenvalue weighted by molar-refractivity contribution is 5.27. The molecule has 1 aromatic rings. The van der Waals surface area contributed by atoms with E-state index in [-0.39, 0.29) is 5.88 Å². The molecular formula is C9H10F3N3O. The van der Waals surface area contributed by atoms with Crippen LogP contribution in [-0.2, 0) is 6.18 Å². The van der Waals surface area contributed by atoms with Crippen molar-refractivity contribution in [3.8, 4) is 5.88 Å². The van der Waals surface area contributed by atoms with E-state index in [1.807, 2.05) is 0 Å². The topological polar surface area (TPSA) is 61.0 Å². The van der Waals surface area contributed by atoms with Crippen molar-refractivity contribution in [1.82, 2.24) is 9.97 Å². The second-order valence-corrected chi connectivity index (χ2v) is 3.70. The number of hydrogen-bond donors (Lipinski definition) is 1. The van der Waals surface area contributed by atoms with Crippen LogP contribution in [0.2, 0.25) is 0 Å². The summed E-state index contributed by atoms with van der Waals surface area (Å²) in [6.07, 6.45) is -2.44. The summed E-state index contributed by atoms with van der Waals surface area (Å²) < 4.78 is 42.2. The van der Waals surface area contributed by atoms with Crippen molar-refractivity contribution in [2.75, 3.05) is 12.3 Å². The number of anilines is 1. The number of hydrogen-bond acceptors (Lipinski definition) is 4. The normalized spacial score (nSPS) is 16.2. The Morgan fingerprint density at radius 1 is 1.38 bits per heavy atom. The van der Waals surface area contributed by atoms with Gasteiger partial charge in [0, 0.05) is 6.07 Å². The molecule has 88 valence electrons. The van der Waals surface area contributed by atoms with Crippen molar-refractivity contribution in [3.63, 3.8) is 0 Å². The van der Waals surface area contributed by atoms with Gasteiger partial charge in [0.25, 0.3) is 0 Å². The highest BCUT2D eigenvalue weighted by Crippen LogP contribution is 2.32. The van der Waals surface area contributed by atoms with Gasteiger partial charge in [0.05, 0.1) is 6.61 Å². The summed E-state index contributed by atoms with van der Waals surface area (Å²) >= 11 is 0. The van der Waals surface area contributed by atoms with Crippen LogP contribution in [0.1, 0.15) is 18.5 Å². The molecule has 0 bridgehead atoms. The third-order valence-corrected chi connectivity index (χ3v) is 2.17. The molecule has 0 aliphatic heterocycles. The van der Waals surface area contributed by atoms with Gasteiger partial charge in [-0.1, -0.05) is 0 Å². The van der Waals surface area contributed by atoms with E-state index in [0.717, 1.165) is 18.9 Å². The Labute approximate surface area is 89.6 Å². The van der Waals surface area contributed by atoms with Crippen LogP contribution in [0.4, 0.5) is 19.1 Å². The second kappa shape index (κ2) is 3.80. The van der Waals surface area contributed by atoms with Crippen LogP contribution in [0.15, 0.2) is 6.07 Å². The summed E-state index contributed by atoms with van der Waals surface area (Å²) in [5.74, 6) is -0.113. The number of nitrogen functional groups attached to an aromatic ring is 1. The Morgan fingerprint density at radius 2 is 2.06 bits per heavy atom. The second-order valence-electron chi connectivity index (χ2n) is 3.70. The molecule has 7 heteroatoms. The molecule has 2 rings (SSSR count). The standard InChI is InChI=1S/C9H10F3N3O/c10-9(11,12)6-3-7(15-8(13)14-6)16-4-5-1-2-5/h3,5H,1-2,4H2,(H2,13,14,15). The maximum absolute atomic E-state index is 12.4. The van der Waals surface area contributed by atoms with Crippen molar-refractivity contribution in [2.45, 2.75) is 19.0 Å².